The number of unbranched alkanes of at least 4 members (excludes halogenated alkanes) is 4. The van der Waals surface area contributed by atoms with Crippen LogP contribution in [0.5, 0.6) is 0 Å². The van der Waals surface area contributed by atoms with Gasteiger partial charge in [0.15, 0.2) is 17.0 Å². The summed E-state index contributed by atoms with van der Waals surface area (Å²) >= 11 is 0. The molecule has 3 rings (SSSR count). The second kappa shape index (κ2) is 11.2. The first-order chi connectivity index (χ1) is 15.3. The predicted octanol–water partition coefficient (Wildman–Crippen LogP) is 2.10. The lowest BCUT2D eigenvalue weighted by Gasteiger charge is -2.19. The minimum absolute atomic E-state index is 0.0768. The number of carbonyl (C=O) groups excluding carboxylic acids is 1. The number of nitrogens with zero attached hydrogens (tertiary/aromatic N) is 4. The molecule has 1 unspecified atom stereocenters. The molecule has 12 nitrogen and oxygen atoms in total. The molecule has 0 amide bonds. The normalized spacial score (nSPS) is 22.8. The van der Waals surface area contributed by atoms with E-state index in [4.69, 9.17) is 19.7 Å². The fraction of sp³-hybridized carbons (Fsp3) is 0.684. The van der Waals surface area contributed by atoms with Gasteiger partial charge in [0.2, 0.25) is 5.95 Å². The number of ether oxygens (including phenoxy) is 2. The summed E-state index contributed by atoms with van der Waals surface area (Å²) in [5, 5.41) is 3.32. The third kappa shape index (κ3) is 6.23. The molecular weight excluding hydrogens is 439 g/mol. The fourth-order valence-corrected chi connectivity index (χ4v) is 4.12. The molecule has 1 aliphatic heterocycles. The van der Waals surface area contributed by atoms with Crippen LogP contribution in [0.3, 0.4) is 0 Å². The highest BCUT2D eigenvalue weighted by Gasteiger charge is 2.39. The maximum absolute atomic E-state index is 11.5. The van der Waals surface area contributed by atoms with Gasteiger partial charge in [-0.1, -0.05) is 12.8 Å². The van der Waals surface area contributed by atoms with E-state index < -0.39 is 19.9 Å². The van der Waals surface area contributed by atoms with E-state index in [2.05, 4.69) is 20.3 Å². The van der Waals surface area contributed by atoms with Crippen LogP contribution >= 0.6 is 7.60 Å². The van der Waals surface area contributed by atoms with E-state index in [-0.39, 0.29) is 18.5 Å². The third-order valence-corrected chi connectivity index (χ3v) is 5.91. The maximum Gasteiger partial charge on any atom is 0.325 e. The Labute approximate surface area is 186 Å². The first-order valence-corrected chi connectivity index (χ1v) is 12.7. The van der Waals surface area contributed by atoms with Gasteiger partial charge in [-0.05, 0) is 12.8 Å². The Bertz CT molecular complexity index is 950. The van der Waals surface area contributed by atoms with Crippen LogP contribution in [0.2, 0.25) is 0 Å². The number of aromatic nitrogens is 4. The SMILES string of the molecule is CO[C@@H]1C[C@H](n2c(NCCCCCCC=O)nc3c(N)ncnc32)O[C@@H]1COP(C)(=O)O. The molecule has 0 spiro atoms. The topological polar surface area (TPSA) is 164 Å². The van der Waals surface area contributed by atoms with Crippen molar-refractivity contribution < 1.29 is 28.3 Å². The Kier molecular flexibility index (Phi) is 8.55. The zero-order chi connectivity index (χ0) is 23.1. The smallest absolute Gasteiger partial charge is 0.325 e. The van der Waals surface area contributed by atoms with Gasteiger partial charge in [0.1, 0.15) is 24.9 Å². The van der Waals surface area contributed by atoms with Crippen molar-refractivity contribution in [3.63, 3.8) is 0 Å². The van der Waals surface area contributed by atoms with Crippen molar-refractivity contribution in [1.82, 2.24) is 19.5 Å². The van der Waals surface area contributed by atoms with Crippen LogP contribution in [0, 0.1) is 0 Å². The second-order valence-electron chi connectivity index (χ2n) is 7.77. The number of nitrogens with two attached hydrogens (primary N) is 1. The van der Waals surface area contributed by atoms with Crippen molar-refractivity contribution in [3.05, 3.63) is 6.33 Å². The number of anilines is 2. The summed E-state index contributed by atoms with van der Waals surface area (Å²) in [6.07, 6.45) is 5.80. The van der Waals surface area contributed by atoms with Crippen molar-refractivity contribution in [2.45, 2.75) is 57.0 Å². The Hall–Kier alpha value is -2.11. The molecule has 3 heterocycles. The van der Waals surface area contributed by atoms with E-state index >= 15 is 0 Å². The van der Waals surface area contributed by atoms with Crippen LogP contribution in [0.25, 0.3) is 11.2 Å². The van der Waals surface area contributed by atoms with Gasteiger partial charge < -0.3 is 34.7 Å². The Morgan fingerprint density at radius 3 is 2.88 bits per heavy atom. The van der Waals surface area contributed by atoms with Crippen molar-refractivity contribution in [2.24, 2.45) is 0 Å². The van der Waals surface area contributed by atoms with E-state index in [1.165, 1.54) is 6.33 Å². The van der Waals surface area contributed by atoms with E-state index in [0.717, 1.165) is 38.6 Å². The number of carbonyl (C=O) groups is 1. The van der Waals surface area contributed by atoms with Gasteiger partial charge >= 0.3 is 7.60 Å². The molecule has 1 fully saturated rings. The molecular formula is C19H31N6O6P. The largest absolute Gasteiger partial charge is 0.382 e. The maximum atomic E-state index is 11.5. The lowest BCUT2D eigenvalue weighted by Crippen LogP contribution is -2.27. The van der Waals surface area contributed by atoms with Crippen LogP contribution in [0.4, 0.5) is 11.8 Å². The number of fused-ring (bicyclic) bond motifs is 1. The van der Waals surface area contributed by atoms with E-state index in [1.807, 2.05) is 4.57 Å². The molecule has 0 radical (unpaired) electrons. The van der Waals surface area contributed by atoms with Crippen LogP contribution in [0.15, 0.2) is 6.33 Å². The number of nitrogens with one attached hydrogen (secondary N) is 1. The molecule has 1 saturated heterocycles. The molecule has 0 saturated carbocycles. The lowest BCUT2D eigenvalue weighted by molar-refractivity contribution is -0.107. The van der Waals surface area contributed by atoms with Gasteiger partial charge in [-0.3, -0.25) is 9.13 Å². The summed E-state index contributed by atoms with van der Waals surface area (Å²) in [6, 6.07) is 0. The second-order valence-corrected chi connectivity index (χ2v) is 9.63. The number of hydrogen-bond donors (Lipinski definition) is 3. The third-order valence-electron chi connectivity index (χ3n) is 5.29. The average Bonchev–Trinajstić information content (AvgIpc) is 3.32. The fourth-order valence-electron chi connectivity index (χ4n) is 3.70. The van der Waals surface area contributed by atoms with Crippen molar-refractivity contribution in [1.29, 1.82) is 0 Å². The molecule has 0 bridgehead atoms. The van der Waals surface area contributed by atoms with Crippen molar-refractivity contribution in [2.75, 3.05) is 38.0 Å². The van der Waals surface area contributed by atoms with Crippen LogP contribution in [-0.4, -0.2) is 69.8 Å². The summed E-state index contributed by atoms with van der Waals surface area (Å²) in [5.74, 6) is 0.809. The summed E-state index contributed by atoms with van der Waals surface area (Å²) in [4.78, 5) is 32.8. The van der Waals surface area contributed by atoms with E-state index in [9.17, 15) is 14.3 Å². The van der Waals surface area contributed by atoms with Gasteiger partial charge in [0, 0.05) is 33.2 Å². The molecule has 32 heavy (non-hydrogen) atoms. The lowest BCUT2D eigenvalue weighted by atomic mass is 10.1. The molecule has 0 aromatic carbocycles. The minimum Gasteiger partial charge on any atom is -0.382 e. The van der Waals surface area contributed by atoms with E-state index in [0.29, 0.717) is 36.5 Å². The first-order valence-electron chi connectivity index (χ1n) is 10.6. The van der Waals surface area contributed by atoms with Crippen LogP contribution in [0.1, 0.15) is 44.8 Å². The standard InChI is InChI=1S/C19H31N6O6P/c1-29-13-10-15(31-14(13)11-30-32(2,27)28)25-18-16(17(20)22-12-23-18)24-19(25)21-8-6-4-3-5-7-9-26/h9,12-15H,3-8,10-11H2,1-2H3,(H,21,24)(H,27,28)(H2,20,22,23)/t13-,14-,15-/m1/s1. The Morgan fingerprint density at radius 1 is 1.38 bits per heavy atom. The molecule has 4 atom stereocenters. The summed E-state index contributed by atoms with van der Waals surface area (Å²) < 4.78 is 30.1. The number of imidazole rings is 1. The van der Waals surface area contributed by atoms with Gasteiger partial charge in [0.05, 0.1) is 12.7 Å². The van der Waals surface area contributed by atoms with Crippen LogP contribution < -0.4 is 11.1 Å². The molecule has 1 aliphatic rings. The van der Waals surface area contributed by atoms with Gasteiger partial charge in [-0.25, -0.2) is 15.0 Å². The highest BCUT2D eigenvalue weighted by atomic mass is 31.2. The van der Waals surface area contributed by atoms with Crippen molar-refractivity contribution in [3.8, 4) is 0 Å². The Balaban J connectivity index is 1.75. The number of aldehydes is 1. The number of methoxy groups -OCH3 is 1. The van der Waals surface area contributed by atoms with Crippen LogP contribution in [-0.2, 0) is 23.4 Å². The molecule has 4 N–H and O–H groups in total. The highest BCUT2D eigenvalue weighted by molar-refractivity contribution is 7.51. The monoisotopic (exact) mass is 470 g/mol. The zero-order valence-corrected chi connectivity index (χ0v) is 19.2. The van der Waals surface area contributed by atoms with Gasteiger partial charge in [-0.15, -0.1) is 0 Å². The van der Waals surface area contributed by atoms with Gasteiger partial charge in [0.25, 0.3) is 0 Å². The van der Waals surface area contributed by atoms with Gasteiger partial charge in [-0.2, -0.15) is 0 Å². The Morgan fingerprint density at radius 2 is 2.16 bits per heavy atom. The molecule has 2 aromatic heterocycles. The molecule has 0 aliphatic carbocycles. The molecule has 178 valence electrons. The summed E-state index contributed by atoms with van der Waals surface area (Å²) in [7, 11) is -2.08. The number of nitrogen functional groups attached to an aromatic ring is 1. The number of hydrogen-bond acceptors (Lipinski definition) is 10. The summed E-state index contributed by atoms with van der Waals surface area (Å²) in [5.41, 5.74) is 7.00. The summed E-state index contributed by atoms with van der Waals surface area (Å²) in [6.45, 7) is 1.73. The predicted molar refractivity (Wildman–Crippen MR) is 118 cm³/mol. The average molecular weight is 470 g/mol. The number of rotatable bonds is 13. The van der Waals surface area contributed by atoms with Crippen molar-refractivity contribution >= 4 is 36.8 Å². The first kappa shape index (κ1) is 24.5. The van der Waals surface area contributed by atoms with E-state index in [1.54, 1.807) is 7.11 Å². The molecule has 13 heteroatoms. The zero-order valence-electron chi connectivity index (χ0n) is 18.3. The highest BCUT2D eigenvalue weighted by Crippen LogP contribution is 2.40. The minimum atomic E-state index is -3.64. The molecule has 2 aromatic rings. The quantitative estimate of drug-likeness (QED) is 0.223.